The molecular formula is C20H15ClO6. The molecule has 0 amide bonds. The van der Waals surface area contributed by atoms with Crippen molar-refractivity contribution in [3.05, 3.63) is 59.7 Å². The van der Waals surface area contributed by atoms with Crippen molar-refractivity contribution >= 4 is 29.5 Å². The van der Waals surface area contributed by atoms with Gasteiger partial charge in [0, 0.05) is 18.4 Å². The van der Waals surface area contributed by atoms with E-state index in [1.807, 2.05) is 12.1 Å². The van der Waals surface area contributed by atoms with Gasteiger partial charge in [-0.05, 0) is 16.7 Å². The Balaban J connectivity index is 2.13. The summed E-state index contributed by atoms with van der Waals surface area (Å²) < 4.78 is 5.60. The van der Waals surface area contributed by atoms with Gasteiger partial charge in [0.05, 0.1) is 0 Å². The molecule has 0 unspecified atom stereocenters. The van der Waals surface area contributed by atoms with Gasteiger partial charge < -0.3 is 14.9 Å². The first-order valence-electron chi connectivity index (χ1n) is 8.30. The number of benzene rings is 2. The van der Waals surface area contributed by atoms with Gasteiger partial charge >= 0.3 is 17.9 Å². The van der Waals surface area contributed by atoms with Gasteiger partial charge in [0.15, 0.2) is 10.5 Å². The van der Waals surface area contributed by atoms with Crippen molar-refractivity contribution in [2.45, 2.75) is 23.3 Å². The number of carbonyl (C=O) groups excluding carboxylic acids is 1. The minimum absolute atomic E-state index is 0.402. The van der Waals surface area contributed by atoms with E-state index in [9.17, 15) is 24.6 Å². The predicted molar refractivity (Wildman–Crippen MR) is 95.4 cm³/mol. The summed E-state index contributed by atoms with van der Waals surface area (Å²) in [6, 6.07) is 14.0. The van der Waals surface area contributed by atoms with Gasteiger partial charge in [0.25, 0.3) is 0 Å². The molecule has 0 aliphatic heterocycles. The van der Waals surface area contributed by atoms with Crippen LogP contribution in [0, 0.1) is 5.92 Å². The van der Waals surface area contributed by atoms with Crippen molar-refractivity contribution in [2.24, 2.45) is 5.92 Å². The molecule has 138 valence electrons. The van der Waals surface area contributed by atoms with E-state index >= 15 is 0 Å². The lowest BCUT2D eigenvalue weighted by Crippen LogP contribution is -2.76. The lowest BCUT2D eigenvalue weighted by Gasteiger charge is -2.63. The van der Waals surface area contributed by atoms with Crippen molar-refractivity contribution in [1.82, 2.24) is 0 Å². The van der Waals surface area contributed by atoms with Gasteiger partial charge in [0.2, 0.25) is 0 Å². The van der Waals surface area contributed by atoms with Crippen LogP contribution in [0.2, 0.25) is 0 Å². The smallest absolute Gasteiger partial charge is 0.330 e. The Hall–Kier alpha value is -2.86. The Labute approximate surface area is 159 Å². The molecule has 2 N–H and O–H groups in total. The summed E-state index contributed by atoms with van der Waals surface area (Å²) in [7, 11) is 0. The molecule has 7 heteroatoms. The Morgan fingerprint density at radius 2 is 1.59 bits per heavy atom. The fraction of sp³-hybridized carbons (Fsp3) is 0.250. The molecule has 6 nitrogen and oxygen atoms in total. The number of carbonyl (C=O) groups is 3. The summed E-state index contributed by atoms with van der Waals surface area (Å²) in [6.45, 7) is 1.15. The Bertz CT molecular complexity index is 1000. The number of ether oxygens (including phenoxy) is 1. The number of rotatable bonds is 3. The molecule has 1 saturated carbocycles. The van der Waals surface area contributed by atoms with Crippen LogP contribution in [0.3, 0.4) is 0 Å². The van der Waals surface area contributed by atoms with Crippen molar-refractivity contribution in [2.75, 3.05) is 0 Å². The molecule has 0 heterocycles. The van der Waals surface area contributed by atoms with Crippen molar-refractivity contribution in [3.63, 3.8) is 0 Å². The second kappa shape index (κ2) is 5.57. The molecule has 4 rings (SSSR count). The van der Waals surface area contributed by atoms with Crippen molar-refractivity contribution < 1.29 is 29.3 Å². The molecule has 0 bridgehead atoms. The average Bonchev–Trinajstić information content (AvgIpc) is 2.62. The lowest BCUT2D eigenvalue weighted by molar-refractivity contribution is -0.215. The Morgan fingerprint density at radius 1 is 1.00 bits per heavy atom. The van der Waals surface area contributed by atoms with E-state index in [1.165, 1.54) is 0 Å². The molecule has 0 aromatic heterocycles. The third kappa shape index (κ3) is 1.93. The van der Waals surface area contributed by atoms with Gasteiger partial charge in [-0.2, -0.15) is 0 Å². The highest BCUT2D eigenvalue weighted by Crippen LogP contribution is 2.72. The highest BCUT2D eigenvalue weighted by Gasteiger charge is 2.82. The maximum absolute atomic E-state index is 12.2. The first-order valence-corrected chi connectivity index (χ1v) is 8.68. The van der Waals surface area contributed by atoms with E-state index in [-0.39, 0.29) is 0 Å². The van der Waals surface area contributed by atoms with Crippen LogP contribution in [-0.2, 0) is 24.7 Å². The van der Waals surface area contributed by atoms with Crippen LogP contribution in [-0.4, -0.2) is 33.0 Å². The molecule has 2 aliphatic carbocycles. The second-order valence-electron chi connectivity index (χ2n) is 6.77. The standard InChI is InChI=1S/C20H15ClO6/c1-10(22)27-20-14-9-5-4-7-12(14)11-6-2-3-8-13(11)15(20)16(17(23)24)19(20,21)18(25)26/h2-9,15-16H,1H3,(H,23,24)(H,25,26)/t15-,16+,19-,20-/m0/s1. The van der Waals surface area contributed by atoms with Gasteiger partial charge in [-0.15, -0.1) is 11.6 Å². The number of halogens is 1. The van der Waals surface area contributed by atoms with E-state index < -0.39 is 40.2 Å². The zero-order valence-corrected chi connectivity index (χ0v) is 14.9. The van der Waals surface area contributed by atoms with Gasteiger partial charge in [-0.3, -0.25) is 14.4 Å². The van der Waals surface area contributed by atoms with Gasteiger partial charge in [0.1, 0.15) is 5.92 Å². The van der Waals surface area contributed by atoms with E-state index in [0.29, 0.717) is 16.7 Å². The minimum atomic E-state index is -2.33. The Morgan fingerprint density at radius 3 is 2.19 bits per heavy atom. The van der Waals surface area contributed by atoms with E-state index in [1.54, 1.807) is 36.4 Å². The number of aliphatic carboxylic acids is 2. The fourth-order valence-corrected chi connectivity index (χ4v) is 5.14. The summed E-state index contributed by atoms with van der Waals surface area (Å²) in [5, 5.41) is 19.7. The number of fused-ring (bicyclic) bond motifs is 6. The topological polar surface area (TPSA) is 101 Å². The summed E-state index contributed by atoms with van der Waals surface area (Å²) in [4.78, 5) is 33.9. The molecule has 0 saturated heterocycles. The molecule has 2 aromatic carbocycles. The zero-order chi connectivity index (χ0) is 19.6. The average molecular weight is 387 g/mol. The highest BCUT2D eigenvalue weighted by molar-refractivity contribution is 6.38. The van der Waals surface area contributed by atoms with Crippen LogP contribution >= 0.6 is 11.6 Å². The van der Waals surface area contributed by atoms with Crippen LogP contribution in [0.25, 0.3) is 11.1 Å². The third-order valence-corrected chi connectivity index (χ3v) is 6.21. The van der Waals surface area contributed by atoms with E-state index in [0.717, 1.165) is 12.5 Å². The molecular weight excluding hydrogens is 372 g/mol. The quantitative estimate of drug-likeness (QED) is 0.621. The fourth-order valence-electron chi connectivity index (χ4n) is 4.67. The van der Waals surface area contributed by atoms with Crippen LogP contribution in [0.4, 0.5) is 0 Å². The molecule has 0 spiro atoms. The van der Waals surface area contributed by atoms with E-state index in [2.05, 4.69) is 0 Å². The first-order chi connectivity index (χ1) is 12.8. The van der Waals surface area contributed by atoms with Crippen LogP contribution < -0.4 is 0 Å². The van der Waals surface area contributed by atoms with Crippen molar-refractivity contribution in [3.8, 4) is 11.1 Å². The van der Waals surface area contributed by atoms with Crippen LogP contribution in [0.15, 0.2) is 48.5 Å². The first kappa shape index (κ1) is 17.5. The largest absolute Gasteiger partial charge is 0.481 e. The normalized spacial score (nSPS) is 30.1. The molecule has 4 atom stereocenters. The molecule has 2 aliphatic rings. The molecule has 1 fully saturated rings. The number of hydrogen-bond acceptors (Lipinski definition) is 4. The second-order valence-corrected chi connectivity index (χ2v) is 7.37. The number of alkyl halides is 1. The van der Waals surface area contributed by atoms with Crippen LogP contribution in [0.5, 0.6) is 0 Å². The summed E-state index contributed by atoms with van der Waals surface area (Å²) >= 11 is 6.51. The highest BCUT2D eigenvalue weighted by atomic mass is 35.5. The summed E-state index contributed by atoms with van der Waals surface area (Å²) in [6.07, 6.45) is 0. The maximum atomic E-state index is 12.2. The predicted octanol–water partition coefficient (Wildman–Crippen LogP) is 2.99. The summed E-state index contributed by atoms with van der Waals surface area (Å²) in [5.41, 5.74) is 0.623. The number of carboxylic acids is 2. The van der Waals surface area contributed by atoms with Crippen molar-refractivity contribution in [1.29, 1.82) is 0 Å². The maximum Gasteiger partial charge on any atom is 0.330 e. The monoisotopic (exact) mass is 386 g/mol. The number of hydrogen-bond donors (Lipinski definition) is 2. The molecule has 27 heavy (non-hydrogen) atoms. The van der Waals surface area contributed by atoms with Crippen LogP contribution in [0.1, 0.15) is 24.0 Å². The molecule has 0 radical (unpaired) electrons. The number of carboxylic acid groups (broad SMARTS) is 2. The molecule has 2 aromatic rings. The minimum Gasteiger partial charge on any atom is -0.481 e. The Kier molecular flexibility index (Phi) is 3.62. The number of esters is 1. The lowest BCUT2D eigenvalue weighted by atomic mass is 9.45. The third-order valence-electron chi connectivity index (χ3n) is 5.54. The van der Waals surface area contributed by atoms with Gasteiger partial charge in [-0.1, -0.05) is 48.5 Å². The SMILES string of the molecule is CC(=O)O[C@@]12c3ccccc3-c3ccccc3[C@H]1[C@H](C(=O)O)[C@]2(Cl)C(=O)O. The van der Waals surface area contributed by atoms with Gasteiger partial charge in [-0.25, -0.2) is 0 Å². The zero-order valence-electron chi connectivity index (χ0n) is 14.2. The van der Waals surface area contributed by atoms with E-state index in [4.69, 9.17) is 16.3 Å². The summed E-state index contributed by atoms with van der Waals surface area (Å²) in [5.74, 6) is -6.01.